The van der Waals surface area contributed by atoms with Crippen molar-refractivity contribution in [3.05, 3.63) is 0 Å². The van der Waals surface area contributed by atoms with E-state index in [1.807, 2.05) is 6.92 Å². The summed E-state index contributed by atoms with van der Waals surface area (Å²) in [7, 11) is 2.24. The number of fused-ring (bicyclic) bond motifs is 2. The van der Waals surface area contributed by atoms with Crippen LogP contribution < -0.4 is 10.6 Å². The molecule has 0 spiro atoms. The van der Waals surface area contributed by atoms with Gasteiger partial charge in [0.1, 0.15) is 6.04 Å². The maximum atomic E-state index is 12.4. The Kier molecular flexibility index (Phi) is 4.29. The molecule has 0 aromatic rings. The molecular formula is C15H27N3O2. The highest BCUT2D eigenvalue weighted by atomic mass is 16.5. The van der Waals surface area contributed by atoms with E-state index in [9.17, 15) is 4.79 Å². The molecule has 0 saturated carbocycles. The summed E-state index contributed by atoms with van der Waals surface area (Å²) in [4.78, 5) is 14.9. The van der Waals surface area contributed by atoms with E-state index in [-0.39, 0.29) is 18.1 Å². The Balaban J connectivity index is 1.56. The largest absolute Gasteiger partial charge is 0.375 e. The van der Waals surface area contributed by atoms with Gasteiger partial charge in [0.25, 0.3) is 0 Å². The maximum absolute atomic E-state index is 12.4. The molecule has 0 aromatic heterocycles. The van der Waals surface area contributed by atoms with Gasteiger partial charge in [-0.15, -0.1) is 0 Å². The number of ether oxygens (including phenoxy) is 1. The Morgan fingerprint density at radius 2 is 2.00 bits per heavy atom. The van der Waals surface area contributed by atoms with Gasteiger partial charge >= 0.3 is 0 Å². The fourth-order valence-electron chi connectivity index (χ4n) is 4.05. The van der Waals surface area contributed by atoms with Crippen LogP contribution in [-0.2, 0) is 9.53 Å². The lowest BCUT2D eigenvalue weighted by Crippen LogP contribution is -2.60. The van der Waals surface area contributed by atoms with E-state index >= 15 is 0 Å². The van der Waals surface area contributed by atoms with Crippen LogP contribution in [0.3, 0.4) is 0 Å². The Morgan fingerprint density at radius 1 is 1.30 bits per heavy atom. The van der Waals surface area contributed by atoms with Crippen molar-refractivity contribution in [2.75, 3.05) is 20.2 Å². The first kappa shape index (κ1) is 14.3. The molecule has 3 heterocycles. The van der Waals surface area contributed by atoms with Gasteiger partial charge in [-0.25, -0.2) is 0 Å². The van der Waals surface area contributed by atoms with Crippen molar-refractivity contribution < 1.29 is 9.53 Å². The van der Waals surface area contributed by atoms with Gasteiger partial charge < -0.3 is 20.3 Å². The van der Waals surface area contributed by atoms with Gasteiger partial charge in [0.15, 0.2) is 0 Å². The van der Waals surface area contributed by atoms with Crippen LogP contribution >= 0.6 is 0 Å². The van der Waals surface area contributed by atoms with E-state index in [2.05, 4.69) is 22.6 Å². The Hall–Kier alpha value is -0.650. The van der Waals surface area contributed by atoms with Crippen molar-refractivity contribution in [1.29, 1.82) is 0 Å². The molecule has 2 bridgehead atoms. The summed E-state index contributed by atoms with van der Waals surface area (Å²) < 4.78 is 5.56. The molecule has 4 atom stereocenters. The number of nitrogens with zero attached hydrogens (tertiary/aromatic N) is 1. The van der Waals surface area contributed by atoms with E-state index in [4.69, 9.17) is 4.74 Å². The van der Waals surface area contributed by atoms with E-state index in [0.29, 0.717) is 24.7 Å². The summed E-state index contributed by atoms with van der Waals surface area (Å²) in [6, 6.07) is 1.45. The topological polar surface area (TPSA) is 53.6 Å². The average Bonchev–Trinajstić information content (AvgIpc) is 2.40. The Bertz CT molecular complexity index is 349. The molecule has 5 nitrogen and oxygen atoms in total. The molecule has 5 heteroatoms. The molecule has 0 aliphatic carbocycles. The average molecular weight is 281 g/mol. The van der Waals surface area contributed by atoms with Crippen LogP contribution in [0.4, 0.5) is 0 Å². The second-order valence-electron chi connectivity index (χ2n) is 6.59. The summed E-state index contributed by atoms with van der Waals surface area (Å²) in [5.41, 5.74) is 0. The van der Waals surface area contributed by atoms with E-state index in [0.717, 1.165) is 19.4 Å². The predicted octanol–water partition coefficient (Wildman–Crippen LogP) is 0.495. The highest BCUT2D eigenvalue weighted by Crippen LogP contribution is 2.32. The number of rotatable bonds is 2. The van der Waals surface area contributed by atoms with Crippen LogP contribution in [0.1, 0.15) is 39.0 Å². The third-order valence-electron chi connectivity index (χ3n) is 5.29. The summed E-state index contributed by atoms with van der Waals surface area (Å²) in [5.74, 6) is 0.116. The molecule has 3 saturated heterocycles. The second kappa shape index (κ2) is 6.00. The fraction of sp³-hybridized carbons (Fsp3) is 0.933. The SMILES string of the molecule is C[C@H]1OCCN[C@@H]1C(=O)NC1CC2CCCC(C1)N2C. The van der Waals surface area contributed by atoms with Crippen molar-refractivity contribution in [3.8, 4) is 0 Å². The number of hydrogen-bond donors (Lipinski definition) is 2. The molecule has 3 aliphatic heterocycles. The van der Waals surface area contributed by atoms with Crippen LogP contribution in [0, 0.1) is 0 Å². The zero-order chi connectivity index (χ0) is 14.1. The third kappa shape index (κ3) is 2.85. The fourth-order valence-corrected chi connectivity index (χ4v) is 4.05. The van der Waals surface area contributed by atoms with Crippen molar-refractivity contribution in [1.82, 2.24) is 15.5 Å². The molecule has 2 N–H and O–H groups in total. The number of piperidine rings is 2. The van der Waals surface area contributed by atoms with Crippen molar-refractivity contribution in [2.24, 2.45) is 0 Å². The van der Waals surface area contributed by atoms with Gasteiger partial charge in [-0.05, 0) is 39.7 Å². The number of carbonyl (C=O) groups is 1. The zero-order valence-electron chi connectivity index (χ0n) is 12.6. The first-order valence-electron chi connectivity index (χ1n) is 8.02. The first-order chi connectivity index (χ1) is 9.65. The Morgan fingerprint density at radius 3 is 2.65 bits per heavy atom. The summed E-state index contributed by atoms with van der Waals surface area (Å²) in [6.07, 6.45) is 6.06. The normalized spacial score (nSPS) is 42.2. The van der Waals surface area contributed by atoms with E-state index in [1.165, 1.54) is 19.3 Å². The summed E-state index contributed by atoms with van der Waals surface area (Å²) in [6.45, 7) is 3.43. The zero-order valence-corrected chi connectivity index (χ0v) is 12.6. The molecule has 1 amide bonds. The van der Waals surface area contributed by atoms with Gasteiger partial charge in [-0.1, -0.05) is 6.42 Å². The first-order valence-corrected chi connectivity index (χ1v) is 8.02. The van der Waals surface area contributed by atoms with Crippen LogP contribution in [0.25, 0.3) is 0 Å². The van der Waals surface area contributed by atoms with Crippen molar-refractivity contribution in [2.45, 2.75) is 69.3 Å². The van der Waals surface area contributed by atoms with Gasteiger partial charge in [-0.3, -0.25) is 4.79 Å². The number of hydrogen-bond acceptors (Lipinski definition) is 4. The van der Waals surface area contributed by atoms with Crippen LogP contribution in [0.5, 0.6) is 0 Å². The molecule has 0 aromatic carbocycles. The minimum absolute atomic E-state index is 0.0329. The highest BCUT2D eigenvalue weighted by Gasteiger charge is 2.38. The minimum Gasteiger partial charge on any atom is -0.375 e. The van der Waals surface area contributed by atoms with Crippen molar-refractivity contribution in [3.63, 3.8) is 0 Å². The number of morpholine rings is 1. The smallest absolute Gasteiger partial charge is 0.240 e. The highest BCUT2D eigenvalue weighted by molar-refractivity contribution is 5.82. The monoisotopic (exact) mass is 281 g/mol. The predicted molar refractivity (Wildman–Crippen MR) is 77.6 cm³/mol. The Labute approximate surface area is 121 Å². The number of carbonyl (C=O) groups excluding carboxylic acids is 1. The van der Waals surface area contributed by atoms with Crippen LogP contribution in [0.15, 0.2) is 0 Å². The van der Waals surface area contributed by atoms with Crippen molar-refractivity contribution >= 4 is 5.91 Å². The minimum atomic E-state index is -0.191. The molecule has 20 heavy (non-hydrogen) atoms. The van der Waals surface area contributed by atoms with Crippen LogP contribution in [0.2, 0.25) is 0 Å². The van der Waals surface area contributed by atoms with Gasteiger partial charge in [0.2, 0.25) is 5.91 Å². The van der Waals surface area contributed by atoms with Gasteiger partial charge in [0.05, 0.1) is 12.7 Å². The number of nitrogens with one attached hydrogen (secondary N) is 2. The van der Waals surface area contributed by atoms with Gasteiger partial charge in [-0.2, -0.15) is 0 Å². The standard InChI is InChI=1S/C15H27N3O2/c1-10-14(16-6-7-20-10)15(19)17-11-8-12-4-3-5-13(9-11)18(12)2/h10-14,16H,3-9H2,1-2H3,(H,17,19)/t10-,11?,12?,13?,14+/m1/s1. The molecule has 3 aliphatic rings. The quantitative estimate of drug-likeness (QED) is 0.774. The van der Waals surface area contributed by atoms with E-state index < -0.39 is 0 Å². The molecule has 3 rings (SSSR count). The lowest BCUT2D eigenvalue weighted by molar-refractivity contribution is -0.130. The van der Waals surface area contributed by atoms with E-state index in [1.54, 1.807) is 0 Å². The molecular weight excluding hydrogens is 254 g/mol. The second-order valence-corrected chi connectivity index (χ2v) is 6.59. The third-order valence-corrected chi connectivity index (χ3v) is 5.29. The summed E-state index contributed by atoms with van der Waals surface area (Å²) in [5, 5.41) is 6.53. The molecule has 0 radical (unpaired) electrons. The molecule has 3 fully saturated rings. The maximum Gasteiger partial charge on any atom is 0.240 e. The van der Waals surface area contributed by atoms with Crippen LogP contribution in [-0.4, -0.2) is 61.3 Å². The molecule has 114 valence electrons. The molecule has 2 unspecified atom stereocenters. The lowest BCUT2D eigenvalue weighted by atomic mass is 9.82. The number of amides is 1. The summed E-state index contributed by atoms with van der Waals surface area (Å²) >= 11 is 0. The van der Waals surface area contributed by atoms with Gasteiger partial charge in [0, 0.05) is 24.7 Å². The lowest BCUT2D eigenvalue weighted by Gasteiger charge is -2.47.